The van der Waals surface area contributed by atoms with Crippen LogP contribution in [0.15, 0.2) is 42.7 Å². The van der Waals surface area contributed by atoms with Gasteiger partial charge in [0.1, 0.15) is 6.61 Å². The van der Waals surface area contributed by atoms with Crippen molar-refractivity contribution in [2.45, 2.75) is 39.2 Å². The molecule has 1 fully saturated rings. The number of ether oxygens (including phenoxy) is 2. The van der Waals surface area contributed by atoms with Gasteiger partial charge >= 0.3 is 6.03 Å². The maximum Gasteiger partial charge on any atom is 0.314 e. The molecule has 0 saturated carbocycles. The Morgan fingerprint density at radius 3 is 2.64 bits per heavy atom. The molecule has 2 atom stereocenters. The Hall–Kier alpha value is -3.26. The Morgan fingerprint density at radius 2 is 1.94 bits per heavy atom. The van der Waals surface area contributed by atoms with Crippen LogP contribution in [-0.2, 0) is 10.2 Å². The summed E-state index contributed by atoms with van der Waals surface area (Å²) in [4.78, 5) is 26.9. The van der Waals surface area contributed by atoms with E-state index >= 15 is 0 Å². The highest BCUT2D eigenvalue weighted by atomic mass is 16.5. The second-order valence-corrected chi connectivity index (χ2v) is 9.55. The summed E-state index contributed by atoms with van der Waals surface area (Å²) in [6.45, 7) is 10.3. The number of nitrogens with zero attached hydrogens (tertiary/aromatic N) is 4. The van der Waals surface area contributed by atoms with Gasteiger partial charge in [0.25, 0.3) is 0 Å². The maximum absolute atomic E-state index is 11.6. The second-order valence-electron chi connectivity index (χ2n) is 9.55. The zero-order valence-corrected chi connectivity index (χ0v) is 19.6. The first-order valence-electron chi connectivity index (χ1n) is 11.2. The van der Waals surface area contributed by atoms with Crippen LogP contribution in [0.3, 0.4) is 0 Å². The first-order valence-corrected chi connectivity index (χ1v) is 11.2. The number of nitrogens with two attached hydrogens (primary N) is 1. The molecule has 2 unspecified atom stereocenters. The van der Waals surface area contributed by atoms with Crippen LogP contribution in [0.2, 0.25) is 0 Å². The topological polar surface area (TPSA) is 103 Å². The molecule has 2 amide bonds. The van der Waals surface area contributed by atoms with Gasteiger partial charge in [-0.25, -0.2) is 14.8 Å². The number of fused-ring (bicyclic) bond motifs is 1. The fourth-order valence-electron chi connectivity index (χ4n) is 3.94. The Bertz CT molecular complexity index is 1130. The number of pyridine rings is 1. The summed E-state index contributed by atoms with van der Waals surface area (Å²) in [5.41, 5.74) is 9.86. The molecule has 1 aromatic carbocycles. The van der Waals surface area contributed by atoms with Gasteiger partial charge in [0.2, 0.25) is 5.88 Å². The lowest BCUT2D eigenvalue weighted by Gasteiger charge is -2.23. The largest absolute Gasteiger partial charge is 0.473 e. The summed E-state index contributed by atoms with van der Waals surface area (Å²) in [6, 6.07) is 9.90. The minimum Gasteiger partial charge on any atom is -0.473 e. The van der Waals surface area contributed by atoms with Crippen LogP contribution in [0.25, 0.3) is 22.3 Å². The molecule has 0 spiro atoms. The molecule has 174 valence electrons. The van der Waals surface area contributed by atoms with Crippen molar-refractivity contribution in [3.63, 3.8) is 0 Å². The number of carbonyl (C=O) groups is 1. The van der Waals surface area contributed by atoms with Gasteiger partial charge < -0.3 is 20.1 Å². The second kappa shape index (κ2) is 9.31. The van der Waals surface area contributed by atoms with Gasteiger partial charge in [0, 0.05) is 37.0 Å². The number of hydrogen-bond acceptors (Lipinski definition) is 6. The summed E-state index contributed by atoms with van der Waals surface area (Å²) in [5.74, 6) is 0.479. The van der Waals surface area contributed by atoms with E-state index in [1.165, 1.54) is 5.56 Å². The first kappa shape index (κ1) is 22.9. The fourth-order valence-corrected chi connectivity index (χ4v) is 3.94. The van der Waals surface area contributed by atoms with Gasteiger partial charge in [-0.1, -0.05) is 52.0 Å². The zero-order chi connectivity index (χ0) is 23.6. The molecular weight excluding hydrogens is 418 g/mol. The van der Waals surface area contributed by atoms with E-state index in [0.29, 0.717) is 43.2 Å². The van der Waals surface area contributed by atoms with E-state index in [2.05, 4.69) is 55.0 Å². The molecule has 0 aliphatic carbocycles. The highest BCUT2D eigenvalue weighted by Crippen LogP contribution is 2.29. The number of amides is 2. The Labute approximate surface area is 194 Å². The zero-order valence-electron chi connectivity index (χ0n) is 19.6. The van der Waals surface area contributed by atoms with Gasteiger partial charge in [-0.2, -0.15) is 0 Å². The number of benzene rings is 1. The van der Waals surface area contributed by atoms with Crippen LogP contribution in [-0.4, -0.2) is 58.3 Å². The lowest BCUT2D eigenvalue weighted by atomic mass is 9.86. The minimum atomic E-state index is -0.430. The average Bonchev–Trinajstić information content (AvgIpc) is 2.98. The SMILES string of the molecule is CC1CN(C(N)=O)CCOC1COc1nc(-c2ccc(C(C)(C)C)cc2)cc2nccnc12. The third-order valence-corrected chi connectivity index (χ3v) is 6.00. The predicted octanol–water partition coefficient (Wildman–Crippen LogP) is 3.78. The fraction of sp³-hybridized carbons (Fsp3) is 0.440. The van der Waals surface area contributed by atoms with E-state index in [9.17, 15) is 4.79 Å². The van der Waals surface area contributed by atoms with E-state index in [4.69, 9.17) is 20.2 Å². The van der Waals surface area contributed by atoms with Gasteiger partial charge in [0.15, 0.2) is 5.52 Å². The van der Waals surface area contributed by atoms with Crippen LogP contribution in [0.4, 0.5) is 4.79 Å². The van der Waals surface area contributed by atoms with Crippen molar-refractivity contribution in [1.29, 1.82) is 0 Å². The highest BCUT2D eigenvalue weighted by Gasteiger charge is 2.27. The van der Waals surface area contributed by atoms with E-state index in [1.54, 1.807) is 17.3 Å². The average molecular weight is 450 g/mol. The lowest BCUT2D eigenvalue weighted by molar-refractivity contribution is 0.00374. The Kier molecular flexibility index (Phi) is 6.47. The van der Waals surface area contributed by atoms with Crippen molar-refractivity contribution in [2.24, 2.45) is 11.7 Å². The molecule has 8 nitrogen and oxygen atoms in total. The third kappa shape index (κ3) is 5.22. The summed E-state index contributed by atoms with van der Waals surface area (Å²) in [6.07, 6.45) is 3.09. The number of rotatable bonds is 4. The predicted molar refractivity (Wildman–Crippen MR) is 127 cm³/mol. The van der Waals surface area contributed by atoms with Crippen molar-refractivity contribution in [1.82, 2.24) is 19.9 Å². The molecule has 3 aromatic rings. The van der Waals surface area contributed by atoms with Gasteiger partial charge in [-0.3, -0.25) is 4.98 Å². The molecule has 1 aliphatic rings. The number of primary amides is 1. The lowest BCUT2D eigenvalue weighted by Crippen LogP contribution is -2.40. The number of hydrogen-bond donors (Lipinski definition) is 1. The molecule has 4 rings (SSSR count). The summed E-state index contributed by atoms with van der Waals surface area (Å²) in [7, 11) is 0. The van der Waals surface area contributed by atoms with E-state index < -0.39 is 6.03 Å². The molecule has 33 heavy (non-hydrogen) atoms. The molecule has 2 aromatic heterocycles. The maximum atomic E-state index is 11.6. The van der Waals surface area contributed by atoms with Crippen molar-refractivity contribution >= 4 is 17.1 Å². The van der Waals surface area contributed by atoms with Crippen molar-refractivity contribution in [3.05, 3.63) is 48.3 Å². The minimum absolute atomic E-state index is 0.0606. The van der Waals surface area contributed by atoms with E-state index in [0.717, 1.165) is 11.3 Å². The first-order chi connectivity index (χ1) is 15.7. The normalized spacial score (nSPS) is 19.3. The van der Waals surface area contributed by atoms with Crippen molar-refractivity contribution in [3.8, 4) is 17.1 Å². The summed E-state index contributed by atoms with van der Waals surface area (Å²) in [5, 5.41) is 0. The number of carbonyl (C=O) groups excluding carboxylic acids is 1. The quantitative estimate of drug-likeness (QED) is 0.650. The molecule has 2 N–H and O–H groups in total. The van der Waals surface area contributed by atoms with Crippen molar-refractivity contribution < 1.29 is 14.3 Å². The number of aromatic nitrogens is 3. The highest BCUT2D eigenvalue weighted by molar-refractivity contribution is 5.83. The van der Waals surface area contributed by atoms with Crippen LogP contribution >= 0.6 is 0 Å². The Morgan fingerprint density at radius 1 is 1.21 bits per heavy atom. The molecule has 1 saturated heterocycles. The van der Waals surface area contributed by atoms with Gasteiger partial charge in [-0.05, 0) is 17.0 Å². The van der Waals surface area contributed by atoms with Gasteiger partial charge in [0.05, 0.1) is 23.9 Å². The van der Waals surface area contributed by atoms with Crippen LogP contribution < -0.4 is 10.5 Å². The van der Waals surface area contributed by atoms with Crippen LogP contribution in [0.1, 0.15) is 33.3 Å². The standard InChI is InChI=1S/C25H31N5O3/c1-16-14-30(24(26)31)11-12-32-21(16)15-33-23-22-20(27-9-10-28-22)13-19(29-23)17-5-7-18(8-6-17)25(2,3)4/h5-10,13,16,21H,11-12,14-15H2,1-4H3,(H2,26,31). The molecule has 0 bridgehead atoms. The molecule has 1 aliphatic heterocycles. The summed E-state index contributed by atoms with van der Waals surface area (Å²) < 4.78 is 12.1. The number of urea groups is 1. The van der Waals surface area contributed by atoms with Gasteiger partial charge in [-0.15, -0.1) is 0 Å². The van der Waals surface area contributed by atoms with E-state index in [1.807, 2.05) is 13.0 Å². The smallest absolute Gasteiger partial charge is 0.314 e. The monoisotopic (exact) mass is 449 g/mol. The van der Waals surface area contributed by atoms with Crippen LogP contribution in [0.5, 0.6) is 5.88 Å². The molecular formula is C25H31N5O3. The third-order valence-electron chi connectivity index (χ3n) is 6.00. The summed E-state index contributed by atoms with van der Waals surface area (Å²) >= 11 is 0. The molecule has 8 heteroatoms. The Balaban J connectivity index is 1.59. The van der Waals surface area contributed by atoms with Crippen molar-refractivity contribution in [2.75, 3.05) is 26.3 Å². The van der Waals surface area contributed by atoms with E-state index in [-0.39, 0.29) is 17.4 Å². The molecule has 3 heterocycles. The van der Waals surface area contributed by atoms with Crippen LogP contribution in [0, 0.1) is 5.92 Å². The molecule has 0 radical (unpaired) electrons.